The molecule has 0 aliphatic carbocycles. The fourth-order valence-electron chi connectivity index (χ4n) is 1.88. The van der Waals surface area contributed by atoms with Crippen LogP contribution in [0.3, 0.4) is 0 Å². The molecule has 2 N–H and O–H groups in total. The Hall–Kier alpha value is -2.35. The SMILES string of the molecule is CCCC(NCCOc1ccc(OC)cc1[N+](=O)[O-])C(=O)O. The van der Waals surface area contributed by atoms with Gasteiger partial charge in [0.1, 0.15) is 18.4 Å². The predicted molar refractivity (Wildman–Crippen MR) is 79.5 cm³/mol. The number of carbonyl (C=O) groups is 1. The molecule has 1 atom stereocenters. The second-order valence-electron chi connectivity index (χ2n) is 4.57. The molecule has 0 fully saturated rings. The molecule has 8 heteroatoms. The number of nitro benzene ring substituents is 1. The van der Waals surface area contributed by atoms with Crippen molar-refractivity contribution >= 4 is 11.7 Å². The van der Waals surface area contributed by atoms with E-state index >= 15 is 0 Å². The number of ether oxygens (including phenoxy) is 2. The third-order valence-electron chi connectivity index (χ3n) is 2.99. The summed E-state index contributed by atoms with van der Waals surface area (Å²) < 4.78 is 10.3. The molecule has 1 unspecified atom stereocenters. The molecule has 0 radical (unpaired) electrons. The highest BCUT2D eigenvalue weighted by Crippen LogP contribution is 2.30. The summed E-state index contributed by atoms with van der Waals surface area (Å²) in [6.07, 6.45) is 1.26. The summed E-state index contributed by atoms with van der Waals surface area (Å²) in [4.78, 5) is 21.4. The Morgan fingerprint density at radius 1 is 1.50 bits per heavy atom. The second-order valence-corrected chi connectivity index (χ2v) is 4.57. The smallest absolute Gasteiger partial charge is 0.320 e. The topological polar surface area (TPSA) is 111 Å². The molecule has 8 nitrogen and oxygen atoms in total. The van der Waals surface area contributed by atoms with Gasteiger partial charge in [-0.15, -0.1) is 0 Å². The summed E-state index contributed by atoms with van der Waals surface area (Å²) in [5, 5.41) is 22.8. The number of nitrogens with one attached hydrogen (secondary N) is 1. The van der Waals surface area contributed by atoms with E-state index in [1.54, 1.807) is 6.07 Å². The normalized spacial score (nSPS) is 11.7. The number of nitrogens with zero attached hydrogens (tertiary/aromatic N) is 1. The number of hydrogen-bond acceptors (Lipinski definition) is 6. The quantitative estimate of drug-likeness (QED) is 0.385. The largest absolute Gasteiger partial charge is 0.496 e. The van der Waals surface area contributed by atoms with Gasteiger partial charge >= 0.3 is 11.7 Å². The summed E-state index contributed by atoms with van der Waals surface area (Å²) in [6, 6.07) is 3.66. The van der Waals surface area contributed by atoms with Crippen molar-refractivity contribution in [2.24, 2.45) is 0 Å². The third kappa shape index (κ3) is 5.21. The van der Waals surface area contributed by atoms with Gasteiger partial charge in [-0.2, -0.15) is 0 Å². The first-order valence-electron chi connectivity index (χ1n) is 6.91. The molecule has 1 aromatic rings. The van der Waals surface area contributed by atoms with E-state index in [2.05, 4.69) is 5.32 Å². The molecular weight excluding hydrogens is 292 g/mol. The lowest BCUT2D eigenvalue weighted by atomic mass is 10.2. The highest BCUT2D eigenvalue weighted by Gasteiger charge is 2.18. The van der Waals surface area contributed by atoms with E-state index in [1.165, 1.54) is 19.2 Å². The zero-order valence-electron chi connectivity index (χ0n) is 12.6. The van der Waals surface area contributed by atoms with Crippen molar-refractivity contribution in [2.75, 3.05) is 20.3 Å². The Morgan fingerprint density at radius 2 is 2.23 bits per heavy atom. The molecule has 0 spiro atoms. The molecule has 0 aliphatic heterocycles. The fourth-order valence-corrected chi connectivity index (χ4v) is 1.88. The van der Waals surface area contributed by atoms with Crippen molar-refractivity contribution in [3.8, 4) is 11.5 Å². The number of nitro groups is 1. The third-order valence-corrected chi connectivity index (χ3v) is 2.99. The molecule has 0 bridgehead atoms. The lowest BCUT2D eigenvalue weighted by Crippen LogP contribution is -2.38. The molecule has 0 amide bonds. The predicted octanol–water partition coefficient (Wildman–Crippen LogP) is 1.83. The van der Waals surface area contributed by atoms with E-state index in [9.17, 15) is 14.9 Å². The number of carboxylic acid groups (broad SMARTS) is 1. The van der Waals surface area contributed by atoms with Crippen LogP contribution in [0, 0.1) is 10.1 Å². The van der Waals surface area contributed by atoms with Gasteiger partial charge in [0.2, 0.25) is 0 Å². The number of rotatable bonds is 10. The summed E-state index contributed by atoms with van der Waals surface area (Å²) in [5.41, 5.74) is -0.192. The molecule has 22 heavy (non-hydrogen) atoms. The van der Waals surface area contributed by atoms with Gasteiger partial charge in [-0.3, -0.25) is 14.9 Å². The summed E-state index contributed by atoms with van der Waals surface area (Å²) in [5.74, 6) is -0.432. The van der Waals surface area contributed by atoms with Gasteiger partial charge in [-0.1, -0.05) is 13.3 Å². The van der Waals surface area contributed by atoms with Gasteiger partial charge in [-0.05, 0) is 18.6 Å². The van der Waals surface area contributed by atoms with Gasteiger partial charge in [0, 0.05) is 6.54 Å². The van der Waals surface area contributed by atoms with Crippen LogP contribution in [-0.4, -0.2) is 42.3 Å². The highest BCUT2D eigenvalue weighted by atomic mass is 16.6. The van der Waals surface area contributed by atoms with Gasteiger partial charge in [0.05, 0.1) is 18.1 Å². The minimum Gasteiger partial charge on any atom is -0.496 e. The van der Waals surface area contributed by atoms with Crippen molar-refractivity contribution in [1.29, 1.82) is 0 Å². The average molecular weight is 312 g/mol. The highest BCUT2D eigenvalue weighted by molar-refractivity contribution is 5.73. The van der Waals surface area contributed by atoms with Crippen LogP contribution in [0.4, 0.5) is 5.69 Å². The minimum absolute atomic E-state index is 0.120. The molecule has 0 aliphatic rings. The van der Waals surface area contributed by atoms with E-state index < -0.39 is 16.9 Å². The van der Waals surface area contributed by atoms with Crippen LogP contribution in [0.5, 0.6) is 11.5 Å². The maximum atomic E-state index is 11.0. The number of methoxy groups -OCH3 is 1. The lowest BCUT2D eigenvalue weighted by molar-refractivity contribution is -0.385. The van der Waals surface area contributed by atoms with E-state index in [0.717, 1.165) is 6.42 Å². The summed E-state index contributed by atoms with van der Waals surface area (Å²) >= 11 is 0. The first-order chi connectivity index (χ1) is 10.5. The number of hydrogen-bond donors (Lipinski definition) is 2. The molecule has 0 saturated carbocycles. The van der Waals surface area contributed by atoms with Crippen LogP contribution >= 0.6 is 0 Å². The number of aliphatic carboxylic acids is 1. The zero-order valence-corrected chi connectivity index (χ0v) is 12.6. The Kier molecular flexibility index (Phi) is 7.11. The number of benzene rings is 1. The molecule has 1 rings (SSSR count). The van der Waals surface area contributed by atoms with Crippen LogP contribution in [0.1, 0.15) is 19.8 Å². The number of carboxylic acids is 1. The molecular formula is C14H20N2O6. The van der Waals surface area contributed by atoms with Crippen LogP contribution < -0.4 is 14.8 Å². The van der Waals surface area contributed by atoms with Crippen molar-refractivity contribution in [1.82, 2.24) is 5.32 Å². The molecule has 0 heterocycles. The Labute approximate surface area is 128 Å². The van der Waals surface area contributed by atoms with E-state index in [1.807, 2.05) is 6.92 Å². The summed E-state index contributed by atoms with van der Waals surface area (Å²) in [7, 11) is 1.42. The van der Waals surface area contributed by atoms with Gasteiger partial charge in [0.15, 0.2) is 5.75 Å². The van der Waals surface area contributed by atoms with E-state index in [4.69, 9.17) is 14.6 Å². The fraction of sp³-hybridized carbons (Fsp3) is 0.500. The molecule has 122 valence electrons. The lowest BCUT2D eigenvalue weighted by Gasteiger charge is -2.14. The molecule has 1 aromatic carbocycles. The monoisotopic (exact) mass is 312 g/mol. The van der Waals surface area contributed by atoms with Gasteiger partial charge < -0.3 is 19.9 Å². The molecule has 0 aromatic heterocycles. The average Bonchev–Trinajstić information content (AvgIpc) is 2.49. The Morgan fingerprint density at radius 3 is 2.77 bits per heavy atom. The van der Waals surface area contributed by atoms with Crippen molar-refractivity contribution in [3.05, 3.63) is 28.3 Å². The zero-order chi connectivity index (χ0) is 16.5. The Bertz CT molecular complexity index is 520. The second kappa shape index (κ2) is 8.83. The van der Waals surface area contributed by atoms with Crippen molar-refractivity contribution in [3.63, 3.8) is 0 Å². The van der Waals surface area contributed by atoms with Crippen LogP contribution in [-0.2, 0) is 4.79 Å². The maximum Gasteiger partial charge on any atom is 0.320 e. The first-order valence-corrected chi connectivity index (χ1v) is 6.91. The molecule has 0 saturated heterocycles. The van der Waals surface area contributed by atoms with Crippen LogP contribution in [0.25, 0.3) is 0 Å². The van der Waals surface area contributed by atoms with Gasteiger partial charge in [-0.25, -0.2) is 0 Å². The maximum absolute atomic E-state index is 11.0. The van der Waals surface area contributed by atoms with Crippen molar-refractivity contribution in [2.45, 2.75) is 25.8 Å². The van der Waals surface area contributed by atoms with Crippen LogP contribution in [0.15, 0.2) is 18.2 Å². The van der Waals surface area contributed by atoms with E-state index in [-0.39, 0.29) is 24.6 Å². The summed E-state index contributed by atoms with van der Waals surface area (Å²) in [6.45, 7) is 2.30. The van der Waals surface area contributed by atoms with Crippen molar-refractivity contribution < 1.29 is 24.3 Å². The first kappa shape index (κ1) is 17.7. The van der Waals surface area contributed by atoms with Gasteiger partial charge in [0.25, 0.3) is 0 Å². The minimum atomic E-state index is -0.919. The van der Waals surface area contributed by atoms with Crippen LogP contribution in [0.2, 0.25) is 0 Å². The standard InChI is InChI=1S/C14H20N2O6/c1-3-4-11(14(17)18)15-7-8-22-13-6-5-10(21-2)9-12(13)16(19)20/h5-6,9,11,15H,3-4,7-8H2,1-2H3,(H,17,18). The van der Waals surface area contributed by atoms with E-state index in [0.29, 0.717) is 12.2 Å². The Balaban J connectivity index is 2.57.